The molecule has 0 radical (unpaired) electrons. The van der Waals surface area contributed by atoms with Gasteiger partial charge in [-0.3, -0.25) is 18.6 Å². The molecule has 0 aromatic rings. The van der Waals surface area contributed by atoms with Crippen molar-refractivity contribution in [2.24, 2.45) is 0 Å². The lowest BCUT2D eigenvalue weighted by Crippen LogP contribution is -2.29. The minimum atomic E-state index is -4.61. The lowest BCUT2D eigenvalue weighted by Gasteiger charge is -2.20. The first-order valence-corrected chi connectivity index (χ1v) is 21.1. The highest BCUT2D eigenvalue weighted by Crippen LogP contribution is 2.43. The second kappa shape index (κ2) is 35.1. The summed E-state index contributed by atoms with van der Waals surface area (Å²) >= 11 is 0. The summed E-state index contributed by atoms with van der Waals surface area (Å²) in [6, 6.07) is 0. The number of hydrogen-bond acceptors (Lipinski definition) is 9. The van der Waals surface area contributed by atoms with E-state index in [2.05, 4.69) is 30.5 Å². The van der Waals surface area contributed by atoms with Crippen LogP contribution in [-0.4, -0.2) is 65.7 Å². The van der Waals surface area contributed by atoms with Crippen LogP contribution in [0.4, 0.5) is 0 Å². The molecule has 0 aliphatic heterocycles. The van der Waals surface area contributed by atoms with Crippen molar-refractivity contribution in [1.29, 1.82) is 0 Å². The number of rotatable bonds is 37. The zero-order valence-electron chi connectivity index (χ0n) is 31.2. The second-order valence-electron chi connectivity index (χ2n) is 13.3. The van der Waals surface area contributed by atoms with E-state index in [1.54, 1.807) is 0 Å². The number of esters is 2. The first-order chi connectivity index (χ1) is 23.7. The Bertz CT molecular complexity index is 837. The summed E-state index contributed by atoms with van der Waals surface area (Å²) in [5.74, 6) is -0.929. The van der Waals surface area contributed by atoms with E-state index in [0.29, 0.717) is 12.8 Å². The number of aliphatic hydroxyl groups excluding tert-OH is 2. The van der Waals surface area contributed by atoms with Crippen LogP contribution < -0.4 is 0 Å². The van der Waals surface area contributed by atoms with E-state index < -0.39 is 51.8 Å². The van der Waals surface area contributed by atoms with Gasteiger partial charge in [-0.25, -0.2) is 4.57 Å². The number of ether oxygens (including phenoxy) is 2. The average molecular weight is 721 g/mol. The summed E-state index contributed by atoms with van der Waals surface area (Å²) in [4.78, 5) is 34.8. The van der Waals surface area contributed by atoms with E-state index in [0.717, 1.165) is 57.8 Å². The number of hydrogen-bond donors (Lipinski definition) is 3. The van der Waals surface area contributed by atoms with Crippen molar-refractivity contribution in [3.8, 4) is 0 Å². The molecular weight excluding hydrogens is 647 g/mol. The second-order valence-corrected chi connectivity index (χ2v) is 14.8. The minimum absolute atomic E-state index is 0.187. The van der Waals surface area contributed by atoms with Crippen LogP contribution in [0.2, 0.25) is 0 Å². The van der Waals surface area contributed by atoms with Gasteiger partial charge in [-0.2, -0.15) is 0 Å². The predicted octanol–water partition coefficient (Wildman–Crippen LogP) is 9.67. The molecule has 290 valence electrons. The van der Waals surface area contributed by atoms with Gasteiger partial charge in [0.1, 0.15) is 12.7 Å². The largest absolute Gasteiger partial charge is 0.472 e. The van der Waals surface area contributed by atoms with Gasteiger partial charge in [0.15, 0.2) is 6.10 Å². The molecule has 0 fully saturated rings. The maximum atomic E-state index is 12.5. The molecule has 0 amide bonds. The van der Waals surface area contributed by atoms with Gasteiger partial charge >= 0.3 is 19.8 Å². The fraction of sp³-hybridized carbons (Fsp3) is 0.895. The minimum Gasteiger partial charge on any atom is -0.462 e. The molecule has 11 heteroatoms. The van der Waals surface area contributed by atoms with Gasteiger partial charge in [-0.05, 0) is 38.5 Å². The lowest BCUT2D eigenvalue weighted by atomic mass is 10.0. The Balaban J connectivity index is 4.35. The molecule has 0 saturated carbocycles. The van der Waals surface area contributed by atoms with E-state index in [4.69, 9.17) is 19.1 Å². The summed E-state index contributed by atoms with van der Waals surface area (Å²) in [6.45, 7) is 2.35. The molecule has 3 N–H and O–H groups in total. The molecule has 49 heavy (non-hydrogen) atoms. The summed E-state index contributed by atoms with van der Waals surface area (Å²) in [7, 11) is -4.61. The molecule has 0 aromatic heterocycles. The van der Waals surface area contributed by atoms with Gasteiger partial charge < -0.3 is 24.6 Å². The van der Waals surface area contributed by atoms with Crippen LogP contribution in [0.25, 0.3) is 0 Å². The zero-order valence-corrected chi connectivity index (χ0v) is 32.1. The standard InChI is InChI=1S/C38H73O10P/c1-3-5-7-9-11-13-15-17-19-21-23-25-27-29-37(41)45-33-36(34-47-49(43,44)46-32-35(40)31-39)48-38(42)30-28-26-24-22-20-18-16-14-12-10-8-6-4-2/h13,15,35-36,39-40H,3-12,14,16-34H2,1-2H3,(H,43,44)/b15-13-. The Kier molecular flexibility index (Phi) is 34.2. The van der Waals surface area contributed by atoms with Gasteiger partial charge in [0.05, 0.1) is 19.8 Å². The zero-order chi connectivity index (χ0) is 36.3. The molecule has 0 aromatic carbocycles. The molecular formula is C38H73O10P. The summed E-state index contributed by atoms with van der Waals surface area (Å²) in [5.41, 5.74) is 0. The Morgan fingerprint density at radius 3 is 1.49 bits per heavy atom. The Hall–Kier alpha value is -1.29. The maximum absolute atomic E-state index is 12.5. The lowest BCUT2D eigenvalue weighted by molar-refractivity contribution is -0.161. The van der Waals surface area contributed by atoms with E-state index in [1.165, 1.54) is 83.5 Å². The number of unbranched alkanes of at least 4 members (excludes halogenated alkanes) is 21. The van der Waals surface area contributed by atoms with Crippen LogP contribution in [0.5, 0.6) is 0 Å². The first-order valence-electron chi connectivity index (χ1n) is 19.6. The number of phosphoric ester groups is 1. The van der Waals surface area contributed by atoms with E-state index in [-0.39, 0.29) is 19.4 Å². The Morgan fingerprint density at radius 2 is 1.00 bits per heavy atom. The van der Waals surface area contributed by atoms with Crippen LogP contribution in [-0.2, 0) is 32.7 Å². The van der Waals surface area contributed by atoms with Crippen LogP contribution in [0, 0.1) is 0 Å². The molecule has 0 rings (SSSR count). The predicted molar refractivity (Wildman–Crippen MR) is 196 cm³/mol. The van der Waals surface area contributed by atoms with Crippen molar-refractivity contribution in [3.63, 3.8) is 0 Å². The van der Waals surface area contributed by atoms with Crippen LogP contribution >= 0.6 is 7.82 Å². The quantitative estimate of drug-likeness (QED) is 0.0245. The highest BCUT2D eigenvalue weighted by Gasteiger charge is 2.27. The Labute approximate surface area is 298 Å². The number of carbonyl (C=O) groups excluding carboxylic acids is 2. The smallest absolute Gasteiger partial charge is 0.462 e. The summed E-state index contributed by atoms with van der Waals surface area (Å²) in [5, 5.41) is 18.3. The molecule has 0 saturated heterocycles. The third kappa shape index (κ3) is 34.9. The van der Waals surface area contributed by atoms with E-state index >= 15 is 0 Å². The van der Waals surface area contributed by atoms with Gasteiger partial charge in [0.25, 0.3) is 0 Å². The van der Waals surface area contributed by atoms with E-state index in [9.17, 15) is 24.2 Å². The molecule has 3 unspecified atom stereocenters. The normalized spacial score (nSPS) is 14.1. The third-order valence-corrected chi connectivity index (χ3v) is 9.37. The molecule has 3 atom stereocenters. The maximum Gasteiger partial charge on any atom is 0.472 e. The van der Waals surface area contributed by atoms with Gasteiger partial charge in [-0.1, -0.05) is 142 Å². The van der Waals surface area contributed by atoms with Crippen LogP contribution in [0.1, 0.15) is 181 Å². The average Bonchev–Trinajstić information content (AvgIpc) is 3.09. The first kappa shape index (κ1) is 47.7. The number of aliphatic hydroxyl groups is 2. The van der Waals surface area contributed by atoms with E-state index in [1.807, 2.05) is 0 Å². The van der Waals surface area contributed by atoms with Gasteiger partial charge in [0.2, 0.25) is 0 Å². The fourth-order valence-electron chi connectivity index (χ4n) is 5.34. The molecule has 10 nitrogen and oxygen atoms in total. The third-order valence-electron chi connectivity index (χ3n) is 8.42. The molecule has 0 aliphatic rings. The monoisotopic (exact) mass is 720 g/mol. The molecule has 0 bridgehead atoms. The van der Waals surface area contributed by atoms with Crippen molar-refractivity contribution < 1.29 is 47.8 Å². The van der Waals surface area contributed by atoms with Gasteiger partial charge in [0, 0.05) is 12.8 Å². The highest BCUT2D eigenvalue weighted by molar-refractivity contribution is 7.47. The van der Waals surface area contributed by atoms with Crippen molar-refractivity contribution in [2.75, 3.05) is 26.4 Å². The van der Waals surface area contributed by atoms with Crippen molar-refractivity contribution in [2.45, 2.75) is 193 Å². The number of allylic oxidation sites excluding steroid dienone is 2. The molecule has 0 heterocycles. The van der Waals surface area contributed by atoms with Crippen molar-refractivity contribution in [3.05, 3.63) is 12.2 Å². The van der Waals surface area contributed by atoms with Gasteiger partial charge in [-0.15, -0.1) is 0 Å². The number of carbonyl (C=O) groups is 2. The Morgan fingerprint density at radius 1 is 0.592 bits per heavy atom. The van der Waals surface area contributed by atoms with Crippen molar-refractivity contribution in [1.82, 2.24) is 0 Å². The SMILES string of the molecule is CCCCCC/C=C\CCCCCCCC(=O)OCC(COP(=O)(O)OCC(O)CO)OC(=O)CCCCCCCCCCCCCCC. The highest BCUT2D eigenvalue weighted by atomic mass is 31.2. The number of phosphoric acid groups is 1. The summed E-state index contributed by atoms with van der Waals surface area (Å²) < 4.78 is 32.6. The van der Waals surface area contributed by atoms with Crippen molar-refractivity contribution >= 4 is 19.8 Å². The fourth-order valence-corrected chi connectivity index (χ4v) is 6.13. The molecule has 0 spiro atoms. The van der Waals surface area contributed by atoms with Crippen LogP contribution in [0.3, 0.4) is 0 Å². The molecule has 0 aliphatic carbocycles. The topological polar surface area (TPSA) is 149 Å². The summed E-state index contributed by atoms with van der Waals surface area (Å²) in [6.07, 6.45) is 30.3. The van der Waals surface area contributed by atoms with Crippen LogP contribution in [0.15, 0.2) is 12.2 Å².